The Morgan fingerprint density at radius 3 is 2.65 bits per heavy atom. The van der Waals surface area contributed by atoms with Crippen molar-refractivity contribution in [3.8, 4) is 0 Å². The van der Waals surface area contributed by atoms with E-state index in [0.717, 1.165) is 17.0 Å². The fourth-order valence-corrected chi connectivity index (χ4v) is 3.61. The number of hydrogen-bond donors (Lipinski definition) is 1. The van der Waals surface area contributed by atoms with Crippen LogP contribution in [0.1, 0.15) is 23.3 Å². The largest absolute Gasteiger partial charge is 0.416 e. The Bertz CT molecular complexity index is 728. The van der Waals surface area contributed by atoms with Crippen molar-refractivity contribution in [1.29, 1.82) is 0 Å². The highest BCUT2D eigenvalue weighted by Crippen LogP contribution is 2.31. The zero-order chi connectivity index (χ0) is 18.6. The Balaban J connectivity index is 1.76. The quantitative estimate of drug-likeness (QED) is 0.808. The average molecular weight is 384 g/mol. The minimum atomic E-state index is -4.45. The van der Waals surface area contributed by atoms with Crippen molar-refractivity contribution in [2.24, 2.45) is 0 Å². The topological polar surface area (TPSA) is 41.6 Å². The van der Waals surface area contributed by atoms with Crippen LogP contribution in [-0.2, 0) is 17.5 Å². The van der Waals surface area contributed by atoms with Crippen LogP contribution < -0.4 is 5.32 Å². The first-order valence-electron chi connectivity index (χ1n) is 8.28. The molecule has 0 bridgehead atoms. The van der Waals surface area contributed by atoms with Crippen LogP contribution in [0.5, 0.6) is 0 Å². The van der Waals surface area contributed by atoms with Gasteiger partial charge in [-0.1, -0.05) is 12.1 Å². The second kappa shape index (κ2) is 8.09. The number of hydrogen-bond acceptors (Lipinski definition) is 3. The second-order valence-electron chi connectivity index (χ2n) is 6.06. The number of amides is 2. The number of urea groups is 1. The van der Waals surface area contributed by atoms with Gasteiger partial charge in [0.25, 0.3) is 0 Å². The van der Waals surface area contributed by atoms with Crippen molar-refractivity contribution >= 4 is 23.1 Å². The maximum atomic E-state index is 12.9. The third kappa shape index (κ3) is 4.76. The maximum Gasteiger partial charge on any atom is 0.416 e. The standard InChI is InChI=1S/C18H19F3N2O2S/c19-18(20,21)13-3-1-4-14(11-13)22-17(24)23(12-16-5-2-10-26-16)15-6-8-25-9-7-15/h1-5,10-11,15H,6-9,12H2,(H,22,24). The van der Waals surface area contributed by atoms with E-state index in [9.17, 15) is 18.0 Å². The van der Waals surface area contributed by atoms with Gasteiger partial charge in [0.2, 0.25) is 0 Å². The Kier molecular flexibility index (Phi) is 5.83. The van der Waals surface area contributed by atoms with Crippen molar-refractivity contribution in [1.82, 2.24) is 4.90 Å². The summed E-state index contributed by atoms with van der Waals surface area (Å²) in [5, 5.41) is 4.55. The minimum Gasteiger partial charge on any atom is -0.381 e. The van der Waals surface area contributed by atoms with Gasteiger partial charge >= 0.3 is 12.2 Å². The summed E-state index contributed by atoms with van der Waals surface area (Å²) >= 11 is 1.54. The Morgan fingerprint density at radius 2 is 2.00 bits per heavy atom. The van der Waals surface area contributed by atoms with Crippen molar-refractivity contribution in [2.45, 2.75) is 31.6 Å². The normalized spacial score (nSPS) is 15.7. The zero-order valence-corrected chi connectivity index (χ0v) is 14.8. The van der Waals surface area contributed by atoms with E-state index in [4.69, 9.17) is 4.74 Å². The van der Waals surface area contributed by atoms with E-state index in [1.54, 1.807) is 16.2 Å². The van der Waals surface area contributed by atoms with Crippen LogP contribution in [0.4, 0.5) is 23.7 Å². The smallest absolute Gasteiger partial charge is 0.381 e. The fraction of sp³-hybridized carbons (Fsp3) is 0.389. The number of alkyl halides is 3. The van der Waals surface area contributed by atoms with E-state index in [0.29, 0.717) is 32.6 Å². The first-order valence-corrected chi connectivity index (χ1v) is 9.16. The molecule has 2 aromatic rings. The van der Waals surface area contributed by atoms with Gasteiger partial charge in [0, 0.05) is 29.8 Å². The van der Waals surface area contributed by atoms with E-state index in [1.807, 2.05) is 17.5 Å². The molecule has 0 unspecified atom stereocenters. The molecular weight excluding hydrogens is 365 g/mol. The molecule has 1 saturated heterocycles. The van der Waals surface area contributed by atoms with Gasteiger partial charge < -0.3 is 15.0 Å². The van der Waals surface area contributed by atoms with Gasteiger partial charge in [-0.05, 0) is 42.5 Å². The summed E-state index contributed by atoms with van der Waals surface area (Å²) in [6.45, 7) is 1.57. The Labute approximate surface area is 153 Å². The number of carbonyl (C=O) groups excluding carboxylic acids is 1. The molecule has 0 atom stereocenters. The summed E-state index contributed by atoms with van der Waals surface area (Å²) in [7, 11) is 0. The third-order valence-electron chi connectivity index (χ3n) is 4.24. The first kappa shape index (κ1) is 18.7. The van der Waals surface area contributed by atoms with Crippen LogP contribution >= 0.6 is 11.3 Å². The summed E-state index contributed by atoms with van der Waals surface area (Å²) in [6, 6.07) is 8.13. The van der Waals surface area contributed by atoms with E-state index in [1.165, 1.54) is 12.1 Å². The number of halogens is 3. The molecule has 1 N–H and O–H groups in total. The molecule has 26 heavy (non-hydrogen) atoms. The Morgan fingerprint density at radius 1 is 1.23 bits per heavy atom. The number of carbonyl (C=O) groups is 1. The lowest BCUT2D eigenvalue weighted by Gasteiger charge is -2.34. The number of benzene rings is 1. The third-order valence-corrected chi connectivity index (χ3v) is 5.10. The van der Waals surface area contributed by atoms with Gasteiger partial charge in [-0.25, -0.2) is 4.79 Å². The molecule has 4 nitrogen and oxygen atoms in total. The molecule has 1 fully saturated rings. The molecule has 1 aromatic carbocycles. The van der Waals surface area contributed by atoms with Gasteiger partial charge in [-0.2, -0.15) is 13.2 Å². The average Bonchev–Trinajstić information content (AvgIpc) is 3.13. The van der Waals surface area contributed by atoms with Gasteiger partial charge in [0.1, 0.15) is 0 Å². The molecule has 0 radical (unpaired) electrons. The van der Waals surface area contributed by atoms with Gasteiger partial charge in [0.05, 0.1) is 12.1 Å². The SMILES string of the molecule is O=C(Nc1cccc(C(F)(F)F)c1)N(Cc1cccs1)C1CCOCC1. The van der Waals surface area contributed by atoms with Gasteiger partial charge in [-0.15, -0.1) is 11.3 Å². The zero-order valence-electron chi connectivity index (χ0n) is 14.0. The number of rotatable bonds is 4. The molecule has 8 heteroatoms. The molecule has 1 aliphatic heterocycles. The summed E-state index contributed by atoms with van der Waals surface area (Å²) in [4.78, 5) is 15.5. The molecular formula is C18H19F3N2O2S. The lowest BCUT2D eigenvalue weighted by atomic mass is 10.1. The molecule has 0 saturated carbocycles. The monoisotopic (exact) mass is 384 g/mol. The number of thiophene rings is 1. The van der Waals surface area contributed by atoms with Crippen LogP contribution in [0.15, 0.2) is 41.8 Å². The fourth-order valence-electron chi connectivity index (χ4n) is 2.90. The van der Waals surface area contributed by atoms with Crippen LogP contribution in [0.25, 0.3) is 0 Å². The molecule has 0 aliphatic carbocycles. The molecule has 2 heterocycles. The molecule has 2 amide bonds. The second-order valence-corrected chi connectivity index (χ2v) is 7.09. The summed E-state index contributed by atoms with van der Waals surface area (Å²) in [6.07, 6.45) is -3.03. The number of anilines is 1. The highest BCUT2D eigenvalue weighted by atomic mass is 32.1. The predicted molar refractivity (Wildman–Crippen MR) is 94.2 cm³/mol. The van der Waals surface area contributed by atoms with Crippen molar-refractivity contribution in [3.63, 3.8) is 0 Å². The number of nitrogens with zero attached hydrogens (tertiary/aromatic N) is 1. The Hall–Kier alpha value is -2.06. The van der Waals surface area contributed by atoms with Crippen molar-refractivity contribution < 1.29 is 22.7 Å². The first-order chi connectivity index (χ1) is 12.4. The van der Waals surface area contributed by atoms with Crippen LogP contribution in [0.2, 0.25) is 0 Å². The van der Waals surface area contributed by atoms with E-state index in [-0.39, 0.29) is 11.7 Å². The van der Waals surface area contributed by atoms with E-state index in [2.05, 4.69) is 5.32 Å². The lowest BCUT2D eigenvalue weighted by Crippen LogP contribution is -2.44. The summed E-state index contributed by atoms with van der Waals surface area (Å²) in [5.74, 6) is 0. The van der Waals surface area contributed by atoms with Gasteiger partial charge in [-0.3, -0.25) is 0 Å². The van der Waals surface area contributed by atoms with Crippen LogP contribution in [0, 0.1) is 0 Å². The predicted octanol–water partition coefficient (Wildman–Crippen LogP) is 4.98. The van der Waals surface area contributed by atoms with Crippen molar-refractivity contribution in [2.75, 3.05) is 18.5 Å². The van der Waals surface area contributed by atoms with E-state index < -0.39 is 17.8 Å². The van der Waals surface area contributed by atoms with E-state index >= 15 is 0 Å². The van der Waals surface area contributed by atoms with Crippen molar-refractivity contribution in [3.05, 3.63) is 52.2 Å². The highest BCUT2D eigenvalue weighted by molar-refractivity contribution is 7.09. The molecule has 3 rings (SSSR count). The maximum absolute atomic E-state index is 12.9. The van der Waals surface area contributed by atoms with Gasteiger partial charge in [0.15, 0.2) is 0 Å². The molecule has 1 aromatic heterocycles. The molecule has 1 aliphatic rings. The summed E-state index contributed by atoms with van der Waals surface area (Å²) < 4.78 is 44.0. The number of nitrogens with one attached hydrogen (secondary N) is 1. The molecule has 0 spiro atoms. The van der Waals surface area contributed by atoms with Crippen LogP contribution in [-0.4, -0.2) is 30.2 Å². The van der Waals surface area contributed by atoms with Crippen LogP contribution in [0.3, 0.4) is 0 Å². The lowest BCUT2D eigenvalue weighted by molar-refractivity contribution is -0.137. The summed E-state index contributed by atoms with van der Waals surface area (Å²) in [5.41, 5.74) is -0.653. The highest BCUT2D eigenvalue weighted by Gasteiger charge is 2.31. The number of ether oxygens (including phenoxy) is 1. The minimum absolute atomic E-state index is 0.00310. The molecule has 140 valence electrons.